The van der Waals surface area contributed by atoms with Gasteiger partial charge in [0, 0.05) is 0 Å². The SMILES string of the molecule is OC[C@@]1(O)[C@H](O)[C@@H](O)[C@@](O)(CO)[C@@H](O)[C@@H]1O. The molecule has 0 spiro atoms. The van der Waals surface area contributed by atoms with Crippen LogP contribution in [-0.4, -0.2) is 89.7 Å². The molecule has 0 bridgehead atoms. The van der Waals surface area contributed by atoms with E-state index in [0.29, 0.717) is 0 Å². The summed E-state index contributed by atoms with van der Waals surface area (Å²) in [7, 11) is 0. The highest BCUT2D eigenvalue weighted by atomic mass is 16.5. The summed E-state index contributed by atoms with van der Waals surface area (Å²) >= 11 is 0. The number of aliphatic hydroxyl groups excluding tert-OH is 6. The highest BCUT2D eigenvalue weighted by Gasteiger charge is 2.63. The highest BCUT2D eigenvalue weighted by molar-refractivity contribution is 5.14. The Kier molecular flexibility index (Phi) is 3.58. The average Bonchev–Trinajstić information content (AvgIpc) is 2.31. The van der Waals surface area contributed by atoms with Crippen LogP contribution >= 0.6 is 0 Å². The van der Waals surface area contributed by atoms with Crippen LogP contribution in [0.15, 0.2) is 0 Å². The molecule has 8 N–H and O–H groups in total. The molecule has 1 rings (SSSR count). The minimum absolute atomic E-state index is 1.13. The van der Waals surface area contributed by atoms with Crippen molar-refractivity contribution in [2.75, 3.05) is 13.2 Å². The fourth-order valence-electron chi connectivity index (χ4n) is 1.82. The summed E-state index contributed by atoms with van der Waals surface area (Å²) in [6, 6.07) is 0. The lowest BCUT2D eigenvalue weighted by atomic mass is 9.68. The van der Waals surface area contributed by atoms with Crippen LogP contribution < -0.4 is 0 Å². The second kappa shape index (κ2) is 4.17. The van der Waals surface area contributed by atoms with Gasteiger partial charge in [0.05, 0.1) is 13.2 Å². The van der Waals surface area contributed by atoms with Crippen LogP contribution in [0.2, 0.25) is 0 Å². The predicted molar refractivity (Wildman–Crippen MR) is 48.1 cm³/mol. The maximum Gasteiger partial charge on any atom is 0.144 e. The van der Waals surface area contributed by atoms with E-state index in [9.17, 15) is 30.6 Å². The van der Waals surface area contributed by atoms with E-state index < -0.39 is 48.8 Å². The maximum atomic E-state index is 9.62. The summed E-state index contributed by atoms with van der Waals surface area (Å²) in [5.41, 5.74) is -5.14. The van der Waals surface area contributed by atoms with Crippen molar-refractivity contribution in [3.05, 3.63) is 0 Å². The molecule has 0 radical (unpaired) electrons. The summed E-state index contributed by atoms with van der Waals surface area (Å²) < 4.78 is 0. The highest BCUT2D eigenvalue weighted by Crippen LogP contribution is 2.35. The molecule has 0 amide bonds. The molecular weight excluding hydrogens is 224 g/mol. The van der Waals surface area contributed by atoms with Gasteiger partial charge in [-0.15, -0.1) is 0 Å². The second-order valence-electron chi connectivity index (χ2n) is 4.08. The Morgan fingerprint density at radius 3 is 0.938 bits per heavy atom. The zero-order chi connectivity index (χ0) is 12.7. The Bertz CT molecular complexity index is 214. The molecule has 8 nitrogen and oxygen atoms in total. The van der Waals surface area contributed by atoms with Crippen LogP contribution in [0.25, 0.3) is 0 Å². The molecular formula is C8H16O8. The van der Waals surface area contributed by atoms with Crippen LogP contribution in [0, 0.1) is 0 Å². The first-order chi connectivity index (χ1) is 7.25. The van der Waals surface area contributed by atoms with Gasteiger partial charge in [-0.25, -0.2) is 0 Å². The van der Waals surface area contributed by atoms with Crippen molar-refractivity contribution in [2.24, 2.45) is 0 Å². The molecule has 1 saturated carbocycles. The van der Waals surface area contributed by atoms with E-state index in [1.54, 1.807) is 0 Å². The normalized spacial score (nSPS) is 54.0. The van der Waals surface area contributed by atoms with E-state index in [2.05, 4.69) is 0 Å². The third-order valence-electron chi connectivity index (χ3n) is 3.15. The maximum absolute atomic E-state index is 9.62. The van der Waals surface area contributed by atoms with Crippen molar-refractivity contribution in [3.63, 3.8) is 0 Å². The van der Waals surface area contributed by atoms with Crippen molar-refractivity contribution in [1.29, 1.82) is 0 Å². The fourth-order valence-corrected chi connectivity index (χ4v) is 1.82. The molecule has 0 saturated heterocycles. The van der Waals surface area contributed by atoms with Crippen molar-refractivity contribution in [2.45, 2.75) is 35.6 Å². The lowest BCUT2D eigenvalue weighted by Crippen LogP contribution is -2.78. The Labute approximate surface area is 90.6 Å². The predicted octanol–water partition coefficient (Wildman–Crippen LogP) is -5.11. The zero-order valence-electron chi connectivity index (χ0n) is 8.30. The van der Waals surface area contributed by atoms with Gasteiger partial charge in [-0.05, 0) is 0 Å². The minimum Gasteiger partial charge on any atom is -0.393 e. The smallest absolute Gasteiger partial charge is 0.144 e. The fraction of sp³-hybridized carbons (Fsp3) is 1.00. The molecule has 0 aromatic rings. The monoisotopic (exact) mass is 240 g/mol. The van der Waals surface area contributed by atoms with E-state index in [0.717, 1.165) is 0 Å². The number of aliphatic hydroxyl groups is 8. The molecule has 1 fully saturated rings. The molecule has 1 aliphatic rings. The first-order valence-corrected chi connectivity index (χ1v) is 4.64. The molecule has 0 aliphatic heterocycles. The van der Waals surface area contributed by atoms with Crippen molar-refractivity contribution in [3.8, 4) is 0 Å². The average molecular weight is 240 g/mol. The molecule has 96 valence electrons. The van der Waals surface area contributed by atoms with E-state index in [4.69, 9.17) is 10.2 Å². The lowest BCUT2D eigenvalue weighted by molar-refractivity contribution is -0.314. The number of rotatable bonds is 2. The molecule has 0 aromatic heterocycles. The van der Waals surface area contributed by atoms with Crippen LogP contribution in [0.3, 0.4) is 0 Å². The van der Waals surface area contributed by atoms with Gasteiger partial charge in [0.15, 0.2) is 0 Å². The molecule has 0 unspecified atom stereocenters. The third kappa shape index (κ3) is 1.55. The Hall–Kier alpha value is -0.320. The van der Waals surface area contributed by atoms with E-state index in [1.165, 1.54) is 0 Å². The van der Waals surface area contributed by atoms with Crippen molar-refractivity contribution in [1.82, 2.24) is 0 Å². The second-order valence-corrected chi connectivity index (χ2v) is 4.08. The molecule has 8 heteroatoms. The largest absolute Gasteiger partial charge is 0.393 e. The van der Waals surface area contributed by atoms with E-state index in [1.807, 2.05) is 0 Å². The Morgan fingerprint density at radius 2 is 0.812 bits per heavy atom. The topological polar surface area (TPSA) is 162 Å². The van der Waals surface area contributed by atoms with Gasteiger partial charge < -0.3 is 40.9 Å². The molecule has 6 atom stereocenters. The summed E-state index contributed by atoms with van der Waals surface area (Å²) in [5, 5.41) is 74.7. The molecule has 0 heterocycles. The number of hydrogen-bond acceptors (Lipinski definition) is 8. The number of hydrogen-bond donors (Lipinski definition) is 8. The van der Waals surface area contributed by atoms with E-state index in [-0.39, 0.29) is 0 Å². The summed E-state index contributed by atoms with van der Waals surface area (Å²) in [5.74, 6) is 0. The lowest BCUT2D eigenvalue weighted by Gasteiger charge is -2.51. The molecule has 16 heavy (non-hydrogen) atoms. The standard InChI is InChI=1S/C8H16O8/c9-1-7(15)3(11)5(13)8(16,2-10)6(14)4(7)12/h3-6,9-16H,1-2H2/t3-,4+,5-,6+,7-,8+. The summed E-state index contributed by atoms with van der Waals surface area (Å²) in [6.45, 7) is -2.27. The van der Waals surface area contributed by atoms with E-state index >= 15 is 0 Å². The summed E-state index contributed by atoms with van der Waals surface area (Å²) in [6.07, 6.45) is -8.47. The summed E-state index contributed by atoms with van der Waals surface area (Å²) in [4.78, 5) is 0. The van der Waals surface area contributed by atoms with Crippen LogP contribution in [0.4, 0.5) is 0 Å². The van der Waals surface area contributed by atoms with Gasteiger partial charge in [-0.1, -0.05) is 0 Å². The van der Waals surface area contributed by atoms with Crippen molar-refractivity contribution >= 4 is 0 Å². The Morgan fingerprint density at radius 1 is 0.625 bits per heavy atom. The van der Waals surface area contributed by atoms with Gasteiger partial charge in [0.1, 0.15) is 35.6 Å². The van der Waals surface area contributed by atoms with Crippen molar-refractivity contribution < 1.29 is 40.9 Å². The zero-order valence-corrected chi connectivity index (χ0v) is 8.30. The van der Waals surface area contributed by atoms with Gasteiger partial charge in [0.2, 0.25) is 0 Å². The van der Waals surface area contributed by atoms with Gasteiger partial charge >= 0.3 is 0 Å². The van der Waals surface area contributed by atoms with Crippen LogP contribution in [0.1, 0.15) is 0 Å². The molecule has 0 aromatic carbocycles. The third-order valence-corrected chi connectivity index (χ3v) is 3.15. The first kappa shape index (κ1) is 13.7. The van der Waals surface area contributed by atoms with Gasteiger partial charge in [-0.2, -0.15) is 0 Å². The van der Waals surface area contributed by atoms with Crippen LogP contribution in [-0.2, 0) is 0 Å². The van der Waals surface area contributed by atoms with Gasteiger partial charge in [-0.3, -0.25) is 0 Å². The molecule has 1 aliphatic carbocycles. The minimum atomic E-state index is -2.57. The quantitative estimate of drug-likeness (QED) is 0.238. The van der Waals surface area contributed by atoms with Gasteiger partial charge in [0.25, 0.3) is 0 Å². The Balaban J connectivity index is 3.14. The first-order valence-electron chi connectivity index (χ1n) is 4.64. The van der Waals surface area contributed by atoms with Crippen LogP contribution in [0.5, 0.6) is 0 Å².